The lowest BCUT2D eigenvalue weighted by Crippen LogP contribution is -2.40. The molecular formula is C18H18ClN3O3S2. The van der Waals surface area contributed by atoms with Gasteiger partial charge in [-0.2, -0.15) is 4.31 Å². The molecule has 1 saturated heterocycles. The third kappa shape index (κ3) is 3.48. The van der Waals surface area contributed by atoms with Crippen LogP contribution in [0.4, 0.5) is 5.69 Å². The quantitative estimate of drug-likeness (QED) is 0.802. The van der Waals surface area contributed by atoms with Crippen LogP contribution in [0.1, 0.15) is 5.56 Å². The van der Waals surface area contributed by atoms with Gasteiger partial charge in [-0.05, 0) is 24.3 Å². The van der Waals surface area contributed by atoms with Gasteiger partial charge < -0.3 is 10.1 Å². The van der Waals surface area contributed by atoms with Gasteiger partial charge in [0.25, 0.3) is 0 Å². The van der Waals surface area contributed by atoms with Crippen LogP contribution in [0.25, 0.3) is 0 Å². The lowest BCUT2D eigenvalue weighted by atomic mass is 10.2. The van der Waals surface area contributed by atoms with Crippen LogP contribution in [-0.4, -0.2) is 51.9 Å². The lowest BCUT2D eigenvalue weighted by Gasteiger charge is -2.26. The van der Waals surface area contributed by atoms with Crippen molar-refractivity contribution in [1.29, 1.82) is 0 Å². The molecule has 1 fully saturated rings. The summed E-state index contributed by atoms with van der Waals surface area (Å²) >= 11 is 7.96. The van der Waals surface area contributed by atoms with Crippen LogP contribution < -0.4 is 5.32 Å². The van der Waals surface area contributed by atoms with E-state index in [0.29, 0.717) is 32.1 Å². The number of hydrogen-bond donors (Lipinski definition) is 1. The number of halogens is 1. The molecule has 6 nitrogen and oxygen atoms in total. The Labute approximate surface area is 167 Å². The van der Waals surface area contributed by atoms with Crippen LogP contribution >= 0.6 is 23.4 Å². The number of hydrogen-bond acceptors (Lipinski definition) is 5. The second-order valence-electron chi connectivity index (χ2n) is 6.09. The molecule has 2 aliphatic heterocycles. The number of morpholine rings is 1. The molecule has 0 aromatic heterocycles. The van der Waals surface area contributed by atoms with Crippen molar-refractivity contribution in [1.82, 2.24) is 4.31 Å². The van der Waals surface area contributed by atoms with Gasteiger partial charge in [-0.3, -0.25) is 4.99 Å². The molecule has 2 aromatic rings. The molecule has 4 rings (SSSR count). The number of ether oxygens (including phenoxy) is 1. The Morgan fingerprint density at radius 2 is 1.93 bits per heavy atom. The number of amidine groups is 1. The number of para-hydroxylation sites is 1. The molecular weight excluding hydrogens is 406 g/mol. The van der Waals surface area contributed by atoms with Gasteiger partial charge in [0, 0.05) is 35.5 Å². The van der Waals surface area contributed by atoms with Crippen LogP contribution in [0.5, 0.6) is 0 Å². The van der Waals surface area contributed by atoms with Gasteiger partial charge in [0.05, 0.1) is 23.9 Å². The summed E-state index contributed by atoms with van der Waals surface area (Å²) in [6, 6.07) is 11.2. The SMILES string of the molecule is CN=C1Nc2ccccc2Sc2cc(Cl)c(S(=O)(=O)N3CCOCC3)cc21. The average Bonchev–Trinajstić information content (AvgIpc) is 2.83. The molecule has 0 amide bonds. The number of rotatable bonds is 2. The first-order valence-electron chi connectivity index (χ1n) is 8.43. The molecule has 2 aromatic carbocycles. The number of benzene rings is 2. The van der Waals surface area contributed by atoms with Crippen molar-refractivity contribution >= 4 is 44.9 Å². The molecule has 2 aliphatic rings. The second kappa shape index (κ2) is 7.44. The molecule has 0 unspecified atom stereocenters. The minimum absolute atomic E-state index is 0.0966. The van der Waals surface area contributed by atoms with Crippen LogP contribution in [0.3, 0.4) is 0 Å². The lowest BCUT2D eigenvalue weighted by molar-refractivity contribution is 0.0730. The van der Waals surface area contributed by atoms with E-state index < -0.39 is 10.0 Å². The first-order valence-corrected chi connectivity index (χ1v) is 11.1. The number of fused-ring (bicyclic) bond motifs is 2. The highest BCUT2D eigenvalue weighted by Gasteiger charge is 2.30. The summed E-state index contributed by atoms with van der Waals surface area (Å²) in [6.45, 7) is 1.41. The predicted octanol–water partition coefficient (Wildman–Crippen LogP) is 3.31. The fourth-order valence-electron chi connectivity index (χ4n) is 3.08. The zero-order chi connectivity index (χ0) is 19.0. The maximum atomic E-state index is 13.1. The Bertz CT molecular complexity index is 1020. The van der Waals surface area contributed by atoms with Crippen molar-refractivity contribution in [3.63, 3.8) is 0 Å². The van der Waals surface area contributed by atoms with Crippen molar-refractivity contribution in [2.45, 2.75) is 14.7 Å². The molecule has 0 aliphatic carbocycles. The maximum absolute atomic E-state index is 13.1. The predicted molar refractivity (Wildman–Crippen MR) is 108 cm³/mol. The van der Waals surface area contributed by atoms with Gasteiger partial charge >= 0.3 is 0 Å². The smallest absolute Gasteiger partial charge is 0.244 e. The number of nitrogens with one attached hydrogen (secondary N) is 1. The van der Waals surface area contributed by atoms with Gasteiger partial charge in [0.1, 0.15) is 10.7 Å². The van der Waals surface area contributed by atoms with Crippen molar-refractivity contribution < 1.29 is 13.2 Å². The molecule has 0 saturated carbocycles. The summed E-state index contributed by atoms with van der Waals surface area (Å²) in [5.74, 6) is 0.609. The maximum Gasteiger partial charge on any atom is 0.244 e. The third-order valence-corrected chi connectivity index (χ3v) is 7.96. The van der Waals surface area contributed by atoms with Gasteiger partial charge in [0.15, 0.2) is 0 Å². The number of nitrogens with zero attached hydrogens (tertiary/aromatic N) is 2. The monoisotopic (exact) mass is 423 g/mol. The van der Waals surface area contributed by atoms with Crippen molar-refractivity contribution in [2.75, 3.05) is 38.7 Å². The van der Waals surface area contributed by atoms with E-state index in [0.717, 1.165) is 21.0 Å². The number of aliphatic imine (C=N–C) groups is 1. The van der Waals surface area contributed by atoms with E-state index in [1.807, 2.05) is 24.3 Å². The van der Waals surface area contributed by atoms with Crippen LogP contribution in [0.15, 0.2) is 56.1 Å². The first-order chi connectivity index (χ1) is 13.0. The minimum Gasteiger partial charge on any atom is -0.379 e. The van der Waals surface area contributed by atoms with Crippen molar-refractivity contribution in [3.8, 4) is 0 Å². The molecule has 0 spiro atoms. The zero-order valence-corrected chi connectivity index (χ0v) is 17.0. The van der Waals surface area contributed by atoms with Gasteiger partial charge in [0.2, 0.25) is 10.0 Å². The number of anilines is 1. The van der Waals surface area contributed by atoms with Gasteiger partial charge in [-0.1, -0.05) is 35.5 Å². The van der Waals surface area contributed by atoms with Crippen molar-refractivity contribution in [2.24, 2.45) is 4.99 Å². The highest BCUT2D eigenvalue weighted by atomic mass is 35.5. The molecule has 1 N–H and O–H groups in total. The minimum atomic E-state index is -3.71. The molecule has 9 heteroatoms. The Kier molecular flexibility index (Phi) is 5.17. The summed E-state index contributed by atoms with van der Waals surface area (Å²) in [5.41, 5.74) is 1.64. The average molecular weight is 424 g/mol. The van der Waals surface area contributed by atoms with Crippen LogP contribution in [0.2, 0.25) is 5.02 Å². The molecule has 142 valence electrons. The first kappa shape index (κ1) is 18.8. The molecule has 27 heavy (non-hydrogen) atoms. The third-order valence-electron chi connectivity index (χ3n) is 4.46. The highest BCUT2D eigenvalue weighted by Crippen LogP contribution is 2.41. The zero-order valence-electron chi connectivity index (χ0n) is 14.6. The normalized spacial score (nSPS) is 19.1. The molecule has 0 atom stereocenters. The second-order valence-corrected chi connectivity index (χ2v) is 9.49. The highest BCUT2D eigenvalue weighted by molar-refractivity contribution is 7.99. The van der Waals surface area contributed by atoms with E-state index in [1.165, 1.54) is 16.1 Å². The van der Waals surface area contributed by atoms with E-state index in [4.69, 9.17) is 16.3 Å². The Morgan fingerprint density at radius 1 is 1.19 bits per heavy atom. The number of sulfonamides is 1. The van der Waals surface area contributed by atoms with E-state index in [1.54, 1.807) is 19.2 Å². The fourth-order valence-corrected chi connectivity index (χ4v) is 6.13. The van der Waals surface area contributed by atoms with Crippen LogP contribution in [-0.2, 0) is 14.8 Å². The Balaban J connectivity index is 1.83. The molecule has 2 heterocycles. The summed E-state index contributed by atoms with van der Waals surface area (Å²) in [6.07, 6.45) is 0. The standard InChI is InChI=1S/C18H18ClN3O3S2/c1-20-18-12-10-17(27(23,24)22-6-8-25-9-7-22)13(19)11-16(12)26-15-5-3-2-4-14(15)21-18/h2-5,10-11H,6-9H2,1H3,(H,20,21). The van der Waals surface area contributed by atoms with E-state index in [9.17, 15) is 8.42 Å². The van der Waals surface area contributed by atoms with E-state index in [-0.39, 0.29) is 9.92 Å². The van der Waals surface area contributed by atoms with Crippen LogP contribution in [0, 0.1) is 0 Å². The summed E-state index contributed by atoms with van der Waals surface area (Å²) in [7, 11) is -2.03. The van der Waals surface area contributed by atoms with E-state index >= 15 is 0 Å². The summed E-state index contributed by atoms with van der Waals surface area (Å²) in [5, 5.41) is 3.51. The molecule has 0 bridgehead atoms. The largest absolute Gasteiger partial charge is 0.379 e. The topological polar surface area (TPSA) is 71.0 Å². The van der Waals surface area contributed by atoms with E-state index in [2.05, 4.69) is 10.3 Å². The fraction of sp³-hybridized carbons (Fsp3) is 0.278. The summed E-state index contributed by atoms with van der Waals surface area (Å²) < 4.78 is 32.9. The van der Waals surface area contributed by atoms with Crippen molar-refractivity contribution in [3.05, 3.63) is 47.0 Å². The van der Waals surface area contributed by atoms with Gasteiger partial charge in [-0.15, -0.1) is 0 Å². The summed E-state index contributed by atoms with van der Waals surface area (Å²) in [4.78, 5) is 6.32. The van der Waals surface area contributed by atoms with Gasteiger partial charge in [-0.25, -0.2) is 8.42 Å². The Morgan fingerprint density at radius 3 is 2.67 bits per heavy atom. The Hall–Kier alpha value is -1.58. The molecule has 0 radical (unpaired) electrons.